The molecule has 164 valence electrons. The number of aliphatic hydroxyl groups excluding tert-OH is 1. The van der Waals surface area contributed by atoms with Crippen LogP contribution in [0.2, 0.25) is 0 Å². The fourth-order valence-electron chi connectivity index (χ4n) is 6.01. The zero-order valence-electron chi connectivity index (χ0n) is 18.2. The Morgan fingerprint density at radius 3 is 2.40 bits per heavy atom. The summed E-state index contributed by atoms with van der Waals surface area (Å²) in [5.41, 5.74) is 0.318. The second-order valence-corrected chi connectivity index (χ2v) is 9.49. The molecule has 4 aliphatic rings. The molecule has 1 saturated carbocycles. The van der Waals surface area contributed by atoms with E-state index in [-0.39, 0.29) is 18.0 Å². The van der Waals surface area contributed by atoms with Gasteiger partial charge in [-0.1, -0.05) is 43.6 Å². The van der Waals surface area contributed by atoms with Crippen LogP contribution in [-0.2, 0) is 14.3 Å². The van der Waals surface area contributed by atoms with E-state index >= 15 is 0 Å². The predicted octanol–water partition coefficient (Wildman–Crippen LogP) is 5.25. The third-order valence-electron chi connectivity index (χ3n) is 7.79. The molecule has 4 rings (SSSR count). The van der Waals surface area contributed by atoms with E-state index in [1.807, 2.05) is 0 Å². The third-order valence-corrected chi connectivity index (χ3v) is 7.79. The first-order valence-electron chi connectivity index (χ1n) is 11.8. The molecule has 1 N–H and O–H groups in total. The maximum Gasteiger partial charge on any atom is 0.313 e. The van der Waals surface area contributed by atoms with Gasteiger partial charge in [-0.05, 0) is 80.4 Å². The van der Waals surface area contributed by atoms with Gasteiger partial charge < -0.3 is 14.6 Å². The lowest BCUT2D eigenvalue weighted by molar-refractivity contribution is -0.151. The molecule has 4 heteroatoms. The highest BCUT2D eigenvalue weighted by Crippen LogP contribution is 2.54. The summed E-state index contributed by atoms with van der Waals surface area (Å²) in [5, 5.41) is 9.58. The first-order valence-corrected chi connectivity index (χ1v) is 11.8. The molecule has 0 aromatic carbocycles. The molecule has 1 fully saturated rings. The quantitative estimate of drug-likeness (QED) is 0.495. The highest BCUT2D eigenvalue weighted by Gasteiger charge is 2.45. The number of hydrogen-bond donors (Lipinski definition) is 1. The molecule has 30 heavy (non-hydrogen) atoms. The molecule has 4 nitrogen and oxygen atoms in total. The molecule has 0 spiro atoms. The van der Waals surface area contributed by atoms with Crippen molar-refractivity contribution < 1.29 is 19.4 Å². The van der Waals surface area contributed by atoms with Gasteiger partial charge in [0.25, 0.3) is 0 Å². The van der Waals surface area contributed by atoms with Crippen LogP contribution in [0.25, 0.3) is 0 Å². The van der Waals surface area contributed by atoms with Crippen molar-refractivity contribution in [2.24, 2.45) is 23.2 Å². The number of carbonyl (C=O) groups is 1. The smallest absolute Gasteiger partial charge is 0.313 e. The molecule has 0 radical (unpaired) electrons. The number of hydrogen-bond acceptors (Lipinski definition) is 4. The molecule has 0 amide bonds. The number of allylic oxidation sites excluding steroid dienone is 4. The van der Waals surface area contributed by atoms with Crippen molar-refractivity contribution >= 4 is 5.97 Å². The minimum Gasteiger partial charge on any atom is -0.497 e. The summed E-state index contributed by atoms with van der Waals surface area (Å²) in [6.07, 6.45) is 25.2. The Morgan fingerprint density at radius 2 is 1.80 bits per heavy atom. The molecule has 4 aliphatic carbocycles. The molecule has 0 aliphatic heterocycles. The minimum atomic E-state index is -0.417. The fourth-order valence-corrected chi connectivity index (χ4v) is 6.01. The van der Waals surface area contributed by atoms with Gasteiger partial charge in [-0.15, -0.1) is 0 Å². The van der Waals surface area contributed by atoms with Crippen LogP contribution in [0.5, 0.6) is 0 Å². The Morgan fingerprint density at radius 1 is 0.967 bits per heavy atom. The van der Waals surface area contributed by atoms with Crippen molar-refractivity contribution in [2.45, 2.75) is 76.4 Å². The summed E-state index contributed by atoms with van der Waals surface area (Å²) >= 11 is 0. The van der Waals surface area contributed by atoms with E-state index in [4.69, 9.17) is 9.47 Å². The summed E-state index contributed by atoms with van der Waals surface area (Å²) in [6, 6.07) is 0. The molecular formula is C26H36O4. The first kappa shape index (κ1) is 21.4. The van der Waals surface area contributed by atoms with Crippen LogP contribution in [-0.4, -0.2) is 30.4 Å². The van der Waals surface area contributed by atoms with Gasteiger partial charge in [-0.25, -0.2) is 0 Å². The molecule has 5 atom stereocenters. The molecule has 5 unspecified atom stereocenters. The summed E-state index contributed by atoms with van der Waals surface area (Å²) in [7, 11) is 1.74. The van der Waals surface area contributed by atoms with Gasteiger partial charge in [0.1, 0.15) is 11.9 Å². The fraction of sp³-hybridized carbons (Fsp3) is 0.654. The van der Waals surface area contributed by atoms with Gasteiger partial charge in [-0.3, -0.25) is 4.79 Å². The van der Waals surface area contributed by atoms with Crippen molar-refractivity contribution in [3.05, 3.63) is 48.3 Å². The van der Waals surface area contributed by atoms with Crippen LogP contribution < -0.4 is 0 Å². The largest absolute Gasteiger partial charge is 0.497 e. The maximum absolute atomic E-state index is 12.5. The molecule has 0 bridgehead atoms. The highest BCUT2D eigenvalue weighted by atomic mass is 16.5. The Balaban J connectivity index is 1.41. The van der Waals surface area contributed by atoms with Crippen molar-refractivity contribution in [2.75, 3.05) is 7.11 Å². The van der Waals surface area contributed by atoms with E-state index in [1.165, 1.54) is 32.1 Å². The Labute approximate surface area is 180 Å². The maximum atomic E-state index is 12.5. The molecule has 0 aromatic heterocycles. The molecule has 0 aromatic rings. The summed E-state index contributed by atoms with van der Waals surface area (Å²) in [5.74, 6) is 1.73. The number of carbonyl (C=O) groups excluding carboxylic acids is 1. The molecule has 0 heterocycles. The summed E-state index contributed by atoms with van der Waals surface area (Å²) in [6.45, 7) is 0. The topological polar surface area (TPSA) is 55.8 Å². The predicted molar refractivity (Wildman–Crippen MR) is 117 cm³/mol. The summed E-state index contributed by atoms with van der Waals surface area (Å²) < 4.78 is 11.2. The van der Waals surface area contributed by atoms with Crippen molar-refractivity contribution in [1.29, 1.82) is 0 Å². The van der Waals surface area contributed by atoms with Crippen molar-refractivity contribution in [3.63, 3.8) is 0 Å². The van der Waals surface area contributed by atoms with Gasteiger partial charge in [-0.2, -0.15) is 0 Å². The SMILES string of the molecule is COC1=CCC(C2(C3C=CC(OC(=O)C4C=CC(O)CC4)CC3)CCCCC2)C=C1. The normalized spacial score (nSPS) is 35.5. The van der Waals surface area contributed by atoms with E-state index in [2.05, 4.69) is 30.4 Å². The Kier molecular flexibility index (Phi) is 6.82. The number of ether oxygens (including phenoxy) is 2. The average Bonchev–Trinajstić information content (AvgIpc) is 2.80. The van der Waals surface area contributed by atoms with Gasteiger partial charge in [0.05, 0.1) is 19.1 Å². The standard InChI is InChI=1S/C26H36O4/c1-29-23-13-7-20(8-14-23)26(17-3-2-4-18-26)21-9-15-24(16-10-21)30-25(28)19-5-11-22(27)12-6-19/h5,7,9,11,13-15,19-22,24,27H,2-4,6,8,10,12,16-18H2,1H3. The van der Waals surface area contributed by atoms with Crippen LogP contribution in [0, 0.1) is 23.2 Å². The van der Waals surface area contributed by atoms with Crippen LogP contribution in [0.1, 0.15) is 64.2 Å². The van der Waals surface area contributed by atoms with Gasteiger partial charge in [0, 0.05) is 0 Å². The minimum absolute atomic E-state index is 0.114. The second-order valence-electron chi connectivity index (χ2n) is 9.49. The van der Waals surface area contributed by atoms with Gasteiger partial charge in [0.15, 0.2) is 0 Å². The van der Waals surface area contributed by atoms with Crippen LogP contribution >= 0.6 is 0 Å². The zero-order chi connectivity index (χ0) is 21.0. The first-order chi connectivity index (χ1) is 14.6. The van der Waals surface area contributed by atoms with E-state index in [0.717, 1.165) is 25.0 Å². The lowest BCUT2D eigenvalue weighted by atomic mass is 9.56. The third kappa shape index (κ3) is 4.59. The monoisotopic (exact) mass is 412 g/mol. The lowest BCUT2D eigenvalue weighted by Crippen LogP contribution is -2.41. The van der Waals surface area contributed by atoms with E-state index in [9.17, 15) is 9.90 Å². The van der Waals surface area contributed by atoms with Crippen LogP contribution in [0.4, 0.5) is 0 Å². The molecular weight excluding hydrogens is 376 g/mol. The average molecular weight is 413 g/mol. The zero-order valence-corrected chi connectivity index (χ0v) is 18.2. The second kappa shape index (κ2) is 9.55. The van der Waals surface area contributed by atoms with Gasteiger partial charge in [0.2, 0.25) is 0 Å². The van der Waals surface area contributed by atoms with Crippen molar-refractivity contribution in [3.8, 4) is 0 Å². The summed E-state index contributed by atoms with van der Waals surface area (Å²) in [4.78, 5) is 12.5. The Hall–Kier alpha value is -1.81. The van der Waals surface area contributed by atoms with E-state index < -0.39 is 6.10 Å². The number of aliphatic hydroxyl groups is 1. The number of rotatable bonds is 5. The Bertz CT molecular complexity index is 725. The van der Waals surface area contributed by atoms with E-state index in [1.54, 1.807) is 19.3 Å². The molecule has 0 saturated heterocycles. The number of esters is 1. The van der Waals surface area contributed by atoms with Gasteiger partial charge >= 0.3 is 5.97 Å². The highest BCUT2D eigenvalue weighted by molar-refractivity contribution is 5.75. The van der Waals surface area contributed by atoms with E-state index in [0.29, 0.717) is 30.1 Å². The number of methoxy groups -OCH3 is 1. The van der Waals surface area contributed by atoms with Crippen LogP contribution in [0.3, 0.4) is 0 Å². The lowest BCUT2D eigenvalue weighted by Gasteiger charge is -2.49. The van der Waals surface area contributed by atoms with Crippen LogP contribution in [0.15, 0.2) is 48.3 Å². The van der Waals surface area contributed by atoms with Crippen molar-refractivity contribution in [1.82, 2.24) is 0 Å².